The molecule has 94 valence electrons. The second kappa shape index (κ2) is 4.31. The van der Waals surface area contributed by atoms with E-state index in [0.29, 0.717) is 11.3 Å². The van der Waals surface area contributed by atoms with Crippen molar-refractivity contribution in [3.8, 4) is 0 Å². The second-order valence-electron chi connectivity index (χ2n) is 4.17. The van der Waals surface area contributed by atoms with Crippen LogP contribution in [0.2, 0.25) is 0 Å². The Morgan fingerprint density at radius 1 is 1.05 bits per heavy atom. The van der Waals surface area contributed by atoms with E-state index in [1.165, 1.54) is 6.07 Å². The van der Waals surface area contributed by atoms with E-state index in [-0.39, 0.29) is 17.7 Å². The average molecular weight is 255 g/mol. The molecule has 1 aliphatic rings. The molecule has 0 N–H and O–H groups in total. The van der Waals surface area contributed by atoms with Gasteiger partial charge in [0.05, 0.1) is 11.3 Å². The summed E-state index contributed by atoms with van der Waals surface area (Å²) in [4.78, 5) is 15.3. The molecule has 0 amide bonds. The van der Waals surface area contributed by atoms with Crippen LogP contribution in [0.15, 0.2) is 59.6 Å². The molecule has 0 aliphatic carbocycles. The highest BCUT2D eigenvalue weighted by Crippen LogP contribution is 2.38. The summed E-state index contributed by atoms with van der Waals surface area (Å²) in [5, 5.41) is 0. The van der Waals surface area contributed by atoms with Crippen molar-refractivity contribution in [2.24, 2.45) is 4.99 Å². The lowest BCUT2D eigenvalue weighted by molar-refractivity contribution is -0.142. The standard InChI is InChI=1S/C15H10FNO2/c16-15(10-18)12-8-4-5-9-13(12)17-14(19-15)11-6-2-1-3-7-11/h1-10H. The van der Waals surface area contributed by atoms with Gasteiger partial charge in [0.25, 0.3) is 0 Å². The number of nitrogens with zero attached hydrogens (tertiary/aromatic N) is 1. The van der Waals surface area contributed by atoms with Gasteiger partial charge in [-0.25, -0.2) is 4.99 Å². The molecule has 0 fully saturated rings. The molecule has 0 saturated carbocycles. The molecule has 1 heterocycles. The number of alkyl halides is 1. The Morgan fingerprint density at radius 3 is 2.47 bits per heavy atom. The summed E-state index contributed by atoms with van der Waals surface area (Å²) >= 11 is 0. The Bertz CT molecular complexity index is 654. The molecular weight excluding hydrogens is 245 g/mol. The smallest absolute Gasteiger partial charge is 0.334 e. The lowest BCUT2D eigenvalue weighted by atomic mass is 10.0. The number of fused-ring (bicyclic) bond motifs is 1. The van der Waals surface area contributed by atoms with Crippen molar-refractivity contribution in [2.45, 2.75) is 5.85 Å². The van der Waals surface area contributed by atoms with Gasteiger partial charge < -0.3 is 4.74 Å². The summed E-state index contributed by atoms with van der Waals surface area (Å²) in [7, 11) is 0. The number of carbonyl (C=O) groups is 1. The molecular formula is C15H10FNO2. The number of aldehydes is 1. The predicted octanol–water partition coefficient (Wildman–Crippen LogP) is 3.12. The van der Waals surface area contributed by atoms with Crippen LogP contribution >= 0.6 is 0 Å². The van der Waals surface area contributed by atoms with Crippen LogP contribution in [0.4, 0.5) is 10.1 Å². The third-order valence-electron chi connectivity index (χ3n) is 2.91. The van der Waals surface area contributed by atoms with Crippen LogP contribution in [0.5, 0.6) is 0 Å². The Morgan fingerprint density at radius 2 is 1.74 bits per heavy atom. The van der Waals surface area contributed by atoms with Crippen LogP contribution in [0.1, 0.15) is 11.1 Å². The van der Waals surface area contributed by atoms with Crippen LogP contribution < -0.4 is 0 Å². The third kappa shape index (κ3) is 1.91. The van der Waals surface area contributed by atoms with Crippen molar-refractivity contribution in [3.05, 3.63) is 65.7 Å². The number of benzene rings is 2. The van der Waals surface area contributed by atoms with Crippen molar-refractivity contribution in [2.75, 3.05) is 0 Å². The zero-order valence-corrected chi connectivity index (χ0v) is 9.92. The largest absolute Gasteiger partial charge is 0.429 e. The maximum absolute atomic E-state index is 14.6. The highest BCUT2D eigenvalue weighted by Gasteiger charge is 2.40. The van der Waals surface area contributed by atoms with E-state index in [2.05, 4.69) is 4.99 Å². The molecule has 2 aromatic carbocycles. The fraction of sp³-hybridized carbons (Fsp3) is 0.0667. The minimum atomic E-state index is -2.48. The second-order valence-corrected chi connectivity index (χ2v) is 4.17. The first-order chi connectivity index (χ1) is 9.23. The number of ether oxygens (including phenoxy) is 1. The van der Waals surface area contributed by atoms with E-state index in [9.17, 15) is 9.18 Å². The van der Waals surface area contributed by atoms with Crippen molar-refractivity contribution in [3.63, 3.8) is 0 Å². The molecule has 19 heavy (non-hydrogen) atoms. The highest BCUT2D eigenvalue weighted by atomic mass is 19.2. The van der Waals surface area contributed by atoms with Crippen LogP contribution in [0.3, 0.4) is 0 Å². The van der Waals surface area contributed by atoms with Crippen molar-refractivity contribution < 1.29 is 13.9 Å². The molecule has 2 aromatic rings. The molecule has 1 unspecified atom stereocenters. The van der Waals surface area contributed by atoms with Crippen molar-refractivity contribution in [1.29, 1.82) is 0 Å². The number of rotatable bonds is 2. The molecule has 1 atom stereocenters. The average Bonchev–Trinajstić information content (AvgIpc) is 2.48. The van der Waals surface area contributed by atoms with Crippen molar-refractivity contribution >= 4 is 17.9 Å². The molecule has 3 rings (SSSR count). The first kappa shape index (κ1) is 11.6. The number of aliphatic imine (C=N–C) groups is 1. The molecule has 0 saturated heterocycles. The van der Waals surface area contributed by atoms with E-state index in [0.717, 1.165) is 0 Å². The summed E-state index contributed by atoms with van der Waals surface area (Å²) in [6.07, 6.45) is 0.156. The van der Waals surface area contributed by atoms with Crippen molar-refractivity contribution in [1.82, 2.24) is 0 Å². The van der Waals surface area contributed by atoms with Crippen LogP contribution in [0, 0.1) is 0 Å². The molecule has 0 spiro atoms. The number of carbonyl (C=O) groups excluding carboxylic acids is 1. The van der Waals surface area contributed by atoms with E-state index in [1.54, 1.807) is 42.5 Å². The van der Waals surface area contributed by atoms with Gasteiger partial charge in [-0.2, -0.15) is 4.39 Å². The Labute approximate surface area is 109 Å². The molecule has 0 radical (unpaired) electrons. The van der Waals surface area contributed by atoms with Crippen LogP contribution in [-0.4, -0.2) is 12.2 Å². The molecule has 0 bridgehead atoms. The fourth-order valence-electron chi connectivity index (χ4n) is 1.98. The van der Waals surface area contributed by atoms with Crippen LogP contribution in [-0.2, 0) is 15.4 Å². The minimum Gasteiger partial charge on any atom is -0.429 e. The first-order valence-corrected chi connectivity index (χ1v) is 5.81. The minimum absolute atomic E-state index is 0.105. The Kier molecular flexibility index (Phi) is 2.63. The van der Waals surface area contributed by atoms with Gasteiger partial charge in [-0.3, -0.25) is 4.79 Å². The highest BCUT2D eigenvalue weighted by molar-refractivity contribution is 5.98. The van der Waals surface area contributed by atoms with E-state index >= 15 is 0 Å². The molecule has 3 nitrogen and oxygen atoms in total. The number of para-hydroxylation sites is 1. The van der Waals surface area contributed by atoms with Gasteiger partial charge in [-0.1, -0.05) is 30.3 Å². The summed E-state index contributed by atoms with van der Waals surface area (Å²) in [6.45, 7) is 0. The van der Waals surface area contributed by atoms with Gasteiger partial charge in [0.2, 0.25) is 12.2 Å². The van der Waals surface area contributed by atoms with Gasteiger partial charge in [-0.15, -0.1) is 0 Å². The molecule has 1 aliphatic heterocycles. The maximum Gasteiger partial charge on any atom is 0.334 e. The first-order valence-electron chi connectivity index (χ1n) is 5.81. The topological polar surface area (TPSA) is 38.7 Å². The lowest BCUT2D eigenvalue weighted by Gasteiger charge is -2.27. The molecule has 4 heteroatoms. The van der Waals surface area contributed by atoms with Gasteiger partial charge in [-0.05, 0) is 24.3 Å². The van der Waals surface area contributed by atoms with Gasteiger partial charge >= 0.3 is 5.85 Å². The normalized spacial score (nSPS) is 21.0. The monoisotopic (exact) mass is 255 g/mol. The van der Waals surface area contributed by atoms with E-state index < -0.39 is 5.85 Å². The van der Waals surface area contributed by atoms with Gasteiger partial charge in [0, 0.05) is 5.56 Å². The maximum atomic E-state index is 14.6. The predicted molar refractivity (Wildman–Crippen MR) is 69.0 cm³/mol. The number of hydrogen-bond donors (Lipinski definition) is 0. The van der Waals surface area contributed by atoms with Gasteiger partial charge in [0.1, 0.15) is 0 Å². The quantitative estimate of drug-likeness (QED) is 0.773. The Balaban J connectivity index is 2.16. The fourth-order valence-corrected chi connectivity index (χ4v) is 1.98. The molecule has 0 aromatic heterocycles. The van der Waals surface area contributed by atoms with E-state index in [4.69, 9.17) is 4.74 Å². The zero-order chi connectivity index (χ0) is 13.3. The zero-order valence-electron chi connectivity index (χ0n) is 9.92. The summed E-state index contributed by atoms with van der Waals surface area (Å²) in [5.41, 5.74) is 1.16. The van der Waals surface area contributed by atoms with Crippen LogP contribution in [0.25, 0.3) is 0 Å². The summed E-state index contributed by atoms with van der Waals surface area (Å²) in [6, 6.07) is 15.4. The Hall–Kier alpha value is -2.49. The summed E-state index contributed by atoms with van der Waals surface area (Å²) in [5.74, 6) is -2.38. The SMILES string of the molecule is O=CC1(F)OC(c2ccccc2)=Nc2ccccc21. The van der Waals surface area contributed by atoms with Gasteiger partial charge in [0.15, 0.2) is 0 Å². The lowest BCUT2D eigenvalue weighted by Crippen LogP contribution is -2.32. The number of halogens is 1. The van der Waals surface area contributed by atoms with E-state index in [1.807, 2.05) is 6.07 Å². The number of hydrogen-bond acceptors (Lipinski definition) is 3. The third-order valence-corrected chi connectivity index (χ3v) is 2.91. The summed E-state index contributed by atoms with van der Waals surface area (Å²) < 4.78 is 19.7.